The highest BCUT2D eigenvalue weighted by molar-refractivity contribution is 14.1. The number of anilines is 1. The molecule has 0 radical (unpaired) electrons. The molecule has 1 aromatic carbocycles. The Labute approximate surface area is 305 Å². The number of hydrogen-bond acceptors (Lipinski definition) is 7. The molecule has 0 aromatic heterocycles. The van der Waals surface area contributed by atoms with Crippen LogP contribution >= 0.6 is 22.6 Å². The molecule has 4 saturated heterocycles. The van der Waals surface area contributed by atoms with Gasteiger partial charge in [-0.15, -0.1) is 0 Å². The van der Waals surface area contributed by atoms with E-state index in [-0.39, 0.29) is 42.0 Å². The number of hydrogen-bond donors (Lipinski definition) is 1. The first-order valence-electron chi connectivity index (χ1n) is 18.3. The molecule has 0 spiro atoms. The van der Waals surface area contributed by atoms with Crippen LogP contribution in [-0.4, -0.2) is 121 Å². The number of rotatable bonds is 9. The van der Waals surface area contributed by atoms with Crippen molar-refractivity contribution in [2.75, 3.05) is 84.7 Å². The average Bonchev–Trinajstić information content (AvgIpc) is 3.49. The van der Waals surface area contributed by atoms with E-state index in [1.54, 1.807) is 31.2 Å². The fourth-order valence-corrected chi connectivity index (χ4v) is 10.3. The van der Waals surface area contributed by atoms with Crippen LogP contribution in [-0.2, 0) is 19.1 Å². The molecule has 9 nitrogen and oxygen atoms in total. The maximum atomic E-state index is 14.7. The van der Waals surface area contributed by atoms with Crippen LogP contribution in [0.2, 0.25) is 0 Å². The lowest BCUT2D eigenvalue weighted by Gasteiger charge is -2.41. The molecule has 6 rings (SSSR count). The number of carbonyl (C=O) groups excluding carboxylic acids is 2. The van der Waals surface area contributed by atoms with Crippen LogP contribution < -0.4 is 4.90 Å². The van der Waals surface area contributed by atoms with Gasteiger partial charge in [0.1, 0.15) is 9.24 Å². The average molecular weight is 793 g/mol. The molecule has 4 fully saturated rings. The van der Waals surface area contributed by atoms with Crippen molar-refractivity contribution in [2.45, 2.75) is 67.3 Å². The third-order valence-corrected chi connectivity index (χ3v) is 13.4. The van der Waals surface area contributed by atoms with Crippen molar-refractivity contribution < 1.29 is 28.6 Å². The van der Waals surface area contributed by atoms with Gasteiger partial charge in [0.05, 0.1) is 19.5 Å². The van der Waals surface area contributed by atoms with Crippen molar-refractivity contribution in [3.63, 3.8) is 0 Å². The Bertz CT molecular complexity index is 1400. The summed E-state index contributed by atoms with van der Waals surface area (Å²) in [6.45, 7) is 8.51. The number of nitrogens with zero attached hydrogens (tertiary/aromatic N) is 4. The molecular formula is C38H54FIN4O5. The van der Waals surface area contributed by atoms with Crippen LogP contribution in [0.3, 0.4) is 0 Å². The molecule has 1 unspecified atom stereocenters. The van der Waals surface area contributed by atoms with Gasteiger partial charge in [0.2, 0.25) is 11.8 Å². The van der Waals surface area contributed by atoms with Gasteiger partial charge in [-0.1, -0.05) is 47.2 Å². The SMILES string of the molecule is COC1=CC=C([C@@H]2CN(C3CCOCC3)C[C@@]2(I)C(=O)N2CCC(c3ccc(F)cc3N3CCC(C(=O)N(C)CCO)CC3)CC2)C(C)C1. The number of carbonyl (C=O) groups is 2. The molecule has 2 amide bonds. The summed E-state index contributed by atoms with van der Waals surface area (Å²) in [6, 6.07) is 5.60. The second kappa shape index (κ2) is 16.0. The van der Waals surface area contributed by atoms with Crippen molar-refractivity contribution in [1.29, 1.82) is 0 Å². The lowest BCUT2D eigenvalue weighted by Crippen LogP contribution is -2.53. The minimum Gasteiger partial charge on any atom is -0.501 e. The summed E-state index contributed by atoms with van der Waals surface area (Å²) in [5.74, 6) is 1.66. The molecule has 0 saturated carbocycles. The van der Waals surface area contributed by atoms with Crippen LogP contribution in [0.1, 0.15) is 63.4 Å². The molecule has 11 heteroatoms. The number of aliphatic hydroxyl groups is 1. The number of piperidine rings is 2. The summed E-state index contributed by atoms with van der Waals surface area (Å²) in [4.78, 5) is 36.1. The number of ether oxygens (including phenoxy) is 2. The quantitative estimate of drug-likeness (QED) is 0.279. The minimum absolute atomic E-state index is 0.0448. The van der Waals surface area contributed by atoms with Crippen LogP contribution in [0.15, 0.2) is 41.7 Å². The first kappa shape index (κ1) is 36.6. The third-order valence-electron chi connectivity index (χ3n) is 11.9. The number of amides is 2. The van der Waals surface area contributed by atoms with E-state index < -0.39 is 3.42 Å². The number of likely N-dealkylation sites (tertiary alicyclic amines) is 2. The lowest BCUT2D eigenvalue weighted by molar-refractivity contribution is -0.135. The van der Waals surface area contributed by atoms with Crippen molar-refractivity contribution in [3.8, 4) is 0 Å². The van der Waals surface area contributed by atoms with E-state index in [0.717, 1.165) is 75.4 Å². The molecule has 49 heavy (non-hydrogen) atoms. The summed E-state index contributed by atoms with van der Waals surface area (Å²) in [7, 11) is 3.47. The minimum atomic E-state index is -0.546. The zero-order valence-electron chi connectivity index (χ0n) is 29.4. The Morgan fingerprint density at radius 2 is 1.80 bits per heavy atom. The van der Waals surface area contributed by atoms with Gasteiger partial charge in [0.15, 0.2) is 0 Å². The molecule has 0 bridgehead atoms. The number of aliphatic hydroxyl groups excluding tert-OH is 1. The molecule has 5 aliphatic rings. The number of likely N-dealkylation sites (N-methyl/N-ethyl adjacent to an activating group) is 1. The molecule has 4 aliphatic heterocycles. The van der Waals surface area contributed by atoms with Crippen molar-refractivity contribution in [1.82, 2.24) is 14.7 Å². The largest absolute Gasteiger partial charge is 0.501 e. The zero-order chi connectivity index (χ0) is 34.7. The molecule has 4 heterocycles. The molecular weight excluding hydrogens is 738 g/mol. The van der Waals surface area contributed by atoms with Gasteiger partial charge in [-0.3, -0.25) is 14.5 Å². The smallest absolute Gasteiger partial charge is 0.240 e. The topological polar surface area (TPSA) is 85.8 Å². The van der Waals surface area contributed by atoms with E-state index in [1.165, 1.54) is 5.57 Å². The van der Waals surface area contributed by atoms with E-state index in [0.29, 0.717) is 57.5 Å². The van der Waals surface area contributed by atoms with E-state index in [4.69, 9.17) is 9.47 Å². The second-order valence-electron chi connectivity index (χ2n) is 14.8. The summed E-state index contributed by atoms with van der Waals surface area (Å²) >= 11 is 2.52. The summed E-state index contributed by atoms with van der Waals surface area (Å²) < 4.78 is 25.4. The fourth-order valence-electron chi connectivity index (χ4n) is 8.95. The van der Waals surface area contributed by atoms with Crippen LogP contribution in [0, 0.1) is 23.6 Å². The van der Waals surface area contributed by atoms with Crippen LogP contribution in [0.25, 0.3) is 0 Å². The lowest BCUT2D eigenvalue weighted by atomic mass is 9.77. The summed E-state index contributed by atoms with van der Waals surface area (Å²) in [5, 5.41) is 9.25. The van der Waals surface area contributed by atoms with E-state index in [9.17, 15) is 19.1 Å². The molecule has 1 N–H and O–H groups in total. The predicted molar refractivity (Wildman–Crippen MR) is 197 cm³/mol. The number of halogens is 2. The Morgan fingerprint density at radius 3 is 2.45 bits per heavy atom. The van der Waals surface area contributed by atoms with Gasteiger partial charge in [0.25, 0.3) is 0 Å². The summed E-state index contributed by atoms with van der Waals surface area (Å²) in [6.07, 6.45) is 10.3. The number of allylic oxidation sites excluding steroid dienone is 3. The monoisotopic (exact) mass is 792 g/mol. The standard InChI is InChI=1S/C38H54FIN4O5/c1-26-22-31(48-3)5-7-32(26)34-24-44(30-12-20-49-21-13-30)25-38(34,40)37(47)43-16-8-27(9-17-43)33-6-4-29(39)23-35(33)42-14-10-28(11-15-42)36(46)41(2)18-19-45/h4-7,23,26-28,30,34,45H,8-22,24-25H2,1-3H3/t26?,34-,38-/m0/s1. The Kier molecular flexibility index (Phi) is 11.9. The maximum Gasteiger partial charge on any atom is 0.240 e. The molecule has 1 aromatic rings. The van der Waals surface area contributed by atoms with Gasteiger partial charge in [0, 0.05) is 96.1 Å². The maximum absolute atomic E-state index is 14.7. The zero-order valence-corrected chi connectivity index (χ0v) is 31.6. The van der Waals surface area contributed by atoms with Gasteiger partial charge in [-0.25, -0.2) is 4.39 Å². The van der Waals surface area contributed by atoms with Gasteiger partial charge in [-0.2, -0.15) is 0 Å². The highest BCUT2D eigenvalue weighted by atomic mass is 127. The summed E-state index contributed by atoms with van der Waals surface area (Å²) in [5.41, 5.74) is 3.43. The number of alkyl halides is 1. The van der Waals surface area contributed by atoms with Crippen LogP contribution in [0.4, 0.5) is 10.1 Å². The first-order valence-corrected chi connectivity index (χ1v) is 19.4. The highest BCUT2D eigenvalue weighted by Gasteiger charge is 2.55. The molecule has 270 valence electrons. The van der Waals surface area contributed by atoms with E-state index in [1.807, 2.05) is 6.07 Å². The van der Waals surface area contributed by atoms with Crippen molar-refractivity contribution in [3.05, 3.63) is 53.1 Å². The van der Waals surface area contributed by atoms with E-state index in [2.05, 4.69) is 56.4 Å². The first-order chi connectivity index (χ1) is 23.6. The van der Waals surface area contributed by atoms with Crippen LogP contribution in [0.5, 0.6) is 0 Å². The predicted octanol–water partition coefficient (Wildman–Crippen LogP) is 4.98. The normalized spacial score (nSPS) is 28.0. The number of benzene rings is 1. The second-order valence-corrected chi connectivity index (χ2v) is 16.7. The Hall–Kier alpha value is -2.22. The number of methoxy groups -OCH3 is 1. The highest BCUT2D eigenvalue weighted by Crippen LogP contribution is 2.48. The van der Waals surface area contributed by atoms with Crippen molar-refractivity contribution in [2.24, 2.45) is 17.8 Å². The van der Waals surface area contributed by atoms with Gasteiger partial charge in [-0.05, 0) is 74.1 Å². The Morgan fingerprint density at radius 1 is 1.08 bits per heavy atom. The fraction of sp³-hybridized carbons (Fsp3) is 0.684. The Balaban J connectivity index is 1.15. The molecule has 1 aliphatic carbocycles. The third kappa shape index (κ3) is 7.84. The van der Waals surface area contributed by atoms with Gasteiger partial charge < -0.3 is 29.3 Å². The van der Waals surface area contributed by atoms with Gasteiger partial charge >= 0.3 is 0 Å². The van der Waals surface area contributed by atoms with E-state index >= 15 is 0 Å². The van der Waals surface area contributed by atoms with Crippen molar-refractivity contribution >= 4 is 40.1 Å². The molecule has 3 atom stereocenters.